The molecule has 6 nitrogen and oxygen atoms in total. The summed E-state index contributed by atoms with van der Waals surface area (Å²) >= 11 is 0. The van der Waals surface area contributed by atoms with Crippen LogP contribution >= 0.6 is 0 Å². The number of carbonyl (C=O) groups is 1. The van der Waals surface area contributed by atoms with E-state index in [1.165, 1.54) is 12.1 Å². The lowest BCUT2D eigenvalue weighted by molar-refractivity contribution is 0.0690. The third-order valence-electron chi connectivity index (χ3n) is 5.35. The van der Waals surface area contributed by atoms with E-state index in [1.807, 2.05) is 44.5 Å². The first-order valence-corrected chi connectivity index (χ1v) is 10.2. The van der Waals surface area contributed by atoms with Gasteiger partial charge in [-0.15, -0.1) is 0 Å². The van der Waals surface area contributed by atoms with E-state index in [1.54, 1.807) is 17.2 Å². The lowest BCUT2D eigenvalue weighted by atomic mass is 10.1. The number of rotatable bonds is 5. The summed E-state index contributed by atoms with van der Waals surface area (Å²) in [5, 5.41) is 3.22. The van der Waals surface area contributed by atoms with Crippen molar-refractivity contribution >= 4 is 11.9 Å². The normalized spacial score (nSPS) is 13.7. The van der Waals surface area contributed by atoms with Crippen molar-refractivity contribution < 1.29 is 9.18 Å². The first-order valence-electron chi connectivity index (χ1n) is 10.2. The number of halogens is 1. The SMILES string of the molecule is Cc1ccc(F)cc1CN1CCn2cc(-c3nc(NC(C)C)ncc3C)cc2C1=O. The first-order chi connectivity index (χ1) is 14.3. The Labute approximate surface area is 175 Å². The van der Waals surface area contributed by atoms with Gasteiger partial charge in [0.05, 0.1) is 5.69 Å². The van der Waals surface area contributed by atoms with Crippen LogP contribution in [0.25, 0.3) is 11.3 Å². The van der Waals surface area contributed by atoms with E-state index in [4.69, 9.17) is 0 Å². The predicted octanol–water partition coefficient (Wildman–Crippen LogP) is 4.18. The quantitative estimate of drug-likeness (QED) is 0.689. The second-order valence-electron chi connectivity index (χ2n) is 8.13. The van der Waals surface area contributed by atoms with E-state index in [0.717, 1.165) is 27.9 Å². The van der Waals surface area contributed by atoms with Crippen LogP contribution in [0.1, 0.15) is 41.0 Å². The zero-order chi connectivity index (χ0) is 21.4. The highest BCUT2D eigenvalue weighted by Gasteiger charge is 2.26. The molecule has 7 heteroatoms. The maximum atomic E-state index is 13.7. The van der Waals surface area contributed by atoms with Crippen molar-refractivity contribution in [1.82, 2.24) is 19.4 Å². The van der Waals surface area contributed by atoms with Crippen molar-refractivity contribution in [3.8, 4) is 11.3 Å². The maximum absolute atomic E-state index is 13.7. The van der Waals surface area contributed by atoms with Gasteiger partial charge in [-0.25, -0.2) is 14.4 Å². The molecule has 3 heterocycles. The van der Waals surface area contributed by atoms with Crippen LogP contribution in [0, 0.1) is 19.7 Å². The van der Waals surface area contributed by atoms with Gasteiger partial charge in [-0.05, 0) is 62.6 Å². The number of hydrogen-bond acceptors (Lipinski definition) is 4. The standard InChI is InChI=1S/C23H26FN5O/c1-14(2)26-23-25-11-16(4)21(27-23)18-10-20-22(30)29(8-7-28(20)13-18)12-17-9-19(24)6-5-15(17)3/h5-6,9-11,13-14H,7-8,12H2,1-4H3,(H,25,26,27). The second kappa shape index (κ2) is 7.89. The Balaban J connectivity index is 1.61. The summed E-state index contributed by atoms with van der Waals surface area (Å²) in [6.45, 7) is 9.64. The number of hydrogen-bond donors (Lipinski definition) is 1. The minimum Gasteiger partial charge on any atom is -0.352 e. The maximum Gasteiger partial charge on any atom is 0.270 e. The molecule has 1 aromatic carbocycles. The van der Waals surface area contributed by atoms with Crippen LogP contribution in [0.2, 0.25) is 0 Å². The van der Waals surface area contributed by atoms with E-state index in [2.05, 4.69) is 15.3 Å². The predicted molar refractivity (Wildman–Crippen MR) is 115 cm³/mol. The van der Waals surface area contributed by atoms with E-state index in [0.29, 0.717) is 31.3 Å². The fourth-order valence-corrected chi connectivity index (χ4v) is 3.72. The Hall–Kier alpha value is -3.22. The molecule has 1 N–H and O–H groups in total. The Bertz CT molecular complexity index is 1100. The molecule has 2 aromatic heterocycles. The van der Waals surface area contributed by atoms with Gasteiger partial charge in [-0.2, -0.15) is 0 Å². The third kappa shape index (κ3) is 3.92. The van der Waals surface area contributed by atoms with Crippen LogP contribution in [0.3, 0.4) is 0 Å². The summed E-state index contributed by atoms with van der Waals surface area (Å²) in [5.41, 5.74) is 5.10. The number of fused-ring (bicyclic) bond motifs is 1. The van der Waals surface area contributed by atoms with Gasteiger partial charge in [-0.3, -0.25) is 4.79 Å². The summed E-state index contributed by atoms with van der Waals surface area (Å²) in [5.74, 6) is 0.239. The van der Waals surface area contributed by atoms with Crippen LogP contribution in [-0.4, -0.2) is 37.9 Å². The Kier molecular flexibility index (Phi) is 5.28. The van der Waals surface area contributed by atoms with Crippen LogP contribution in [0.15, 0.2) is 36.7 Å². The third-order valence-corrected chi connectivity index (χ3v) is 5.35. The van der Waals surface area contributed by atoms with Gasteiger partial charge in [0.1, 0.15) is 11.5 Å². The number of aromatic nitrogens is 3. The summed E-state index contributed by atoms with van der Waals surface area (Å²) in [6, 6.07) is 6.82. The molecule has 0 bridgehead atoms. The molecule has 156 valence electrons. The van der Waals surface area contributed by atoms with E-state index < -0.39 is 0 Å². The summed E-state index contributed by atoms with van der Waals surface area (Å²) in [7, 11) is 0. The second-order valence-corrected chi connectivity index (χ2v) is 8.13. The molecule has 1 aliphatic rings. The molecule has 0 aliphatic carbocycles. The largest absolute Gasteiger partial charge is 0.352 e. The molecule has 0 atom stereocenters. The molecular formula is C23H26FN5O. The highest BCUT2D eigenvalue weighted by atomic mass is 19.1. The summed E-state index contributed by atoms with van der Waals surface area (Å²) in [4.78, 5) is 23.9. The Morgan fingerprint density at radius 1 is 1.17 bits per heavy atom. The molecule has 0 unspecified atom stereocenters. The molecule has 0 spiro atoms. The van der Waals surface area contributed by atoms with Crippen molar-refractivity contribution in [2.45, 2.75) is 46.8 Å². The number of benzene rings is 1. The summed E-state index contributed by atoms with van der Waals surface area (Å²) in [6.07, 6.45) is 3.77. The number of nitrogens with zero attached hydrogens (tertiary/aromatic N) is 4. The van der Waals surface area contributed by atoms with E-state index >= 15 is 0 Å². The van der Waals surface area contributed by atoms with Gasteiger partial charge in [0.25, 0.3) is 5.91 Å². The number of amides is 1. The molecule has 1 aliphatic heterocycles. The van der Waals surface area contributed by atoms with Crippen molar-refractivity contribution in [1.29, 1.82) is 0 Å². The molecular weight excluding hydrogens is 381 g/mol. The van der Waals surface area contributed by atoms with Gasteiger partial charge in [0.2, 0.25) is 5.95 Å². The van der Waals surface area contributed by atoms with Crippen molar-refractivity contribution in [3.63, 3.8) is 0 Å². The number of aryl methyl sites for hydroxylation is 2. The molecule has 4 rings (SSSR count). The number of carbonyl (C=O) groups excluding carboxylic acids is 1. The average molecular weight is 407 g/mol. The zero-order valence-electron chi connectivity index (χ0n) is 17.7. The van der Waals surface area contributed by atoms with Crippen molar-refractivity contribution in [2.75, 3.05) is 11.9 Å². The molecule has 3 aromatic rings. The fourth-order valence-electron chi connectivity index (χ4n) is 3.72. The topological polar surface area (TPSA) is 63.1 Å². The van der Waals surface area contributed by atoms with Gasteiger partial charge in [0, 0.05) is 43.6 Å². The van der Waals surface area contributed by atoms with Gasteiger partial charge in [-0.1, -0.05) is 6.07 Å². The lowest BCUT2D eigenvalue weighted by Crippen LogP contribution is -2.39. The molecule has 0 saturated heterocycles. The van der Waals surface area contributed by atoms with Crippen molar-refractivity contribution in [2.24, 2.45) is 0 Å². The minimum atomic E-state index is -0.282. The molecule has 0 saturated carbocycles. The zero-order valence-corrected chi connectivity index (χ0v) is 17.7. The molecule has 30 heavy (non-hydrogen) atoms. The van der Waals surface area contributed by atoms with Gasteiger partial charge in [0.15, 0.2) is 0 Å². The molecule has 0 fully saturated rings. The Morgan fingerprint density at radius 2 is 1.97 bits per heavy atom. The van der Waals surface area contributed by atoms with Crippen LogP contribution in [0.5, 0.6) is 0 Å². The average Bonchev–Trinajstić information content (AvgIpc) is 3.13. The molecule has 0 radical (unpaired) electrons. The smallest absolute Gasteiger partial charge is 0.270 e. The van der Waals surface area contributed by atoms with Crippen LogP contribution < -0.4 is 5.32 Å². The molecule has 1 amide bonds. The minimum absolute atomic E-state index is 0.0524. The van der Waals surface area contributed by atoms with Gasteiger partial charge >= 0.3 is 0 Å². The number of nitrogens with one attached hydrogen (secondary N) is 1. The lowest BCUT2D eigenvalue weighted by Gasteiger charge is -2.28. The highest BCUT2D eigenvalue weighted by Crippen LogP contribution is 2.27. The van der Waals surface area contributed by atoms with Gasteiger partial charge < -0.3 is 14.8 Å². The first kappa shape index (κ1) is 20.1. The van der Waals surface area contributed by atoms with E-state index in [9.17, 15) is 9.18 Å². The summed E-state index contributed by atoms with van der Waals surface area (Å²) < 4.78 is 15.6. The highest BCUT2D eigenvalue weighted by molar-refractivity contribution is 5.95. The monoisotopic (exact) mass is 407 g/mol. The van der Waals surface area contributed by atoms with E-state index in [-0.39, 0.29) is 17.8 Å². The number of anilines is 1. The fraction of sp³-hybridized carbons (Fsp3) is 0.348. The van der Waals surface area contributed by atoms with Crippen molar-refractivity contribution in [3.05, 3.63) is 64.9 Å². The Morgan fingerprint density at radius 3 is 2.73 bits per heavy atom. The van der Waals surface area contributed by atoms with Crippen LogP contribution in [0.4, 0.5) is 10.3 Å². The van der Waals surface area contributed by atoms with Crippen LogP contribution in [-0.2, 0) is 13.1 Å².